The minimum absolute atomic E-state index is 0.361. The maximum absolute atomic E-state index is 5.92. The third-order valence-corrected chi connectivity index (χ3v) is 3.40. The maximum atomic E-state index is 5.92. The number of anilines is 1. The number of aromatic nitrogens is 2. The van der Waals surface area contributed by atoms with Gasteiger partial charge in [-0.2, -0.15) is 0 Å². The van der Waals surface area contributed by atoms with Crippen LogP contribution in [0.4, 0.5) is 5.82 Å². The van der Waals surface area contributed by atoms with Crippen LogP contribution in [0, 0.1) is 0 Å². The summed E-state index contributed by atoms with van der Waals surface area (Å²) in [7, 11) is 1.61. The lowest BCUT2D eigenvalue weighted by Crippen LogP contribution is -2.08. The van der Waals surface area contributed by atoms with Gasteiger partial charge < -0.3 is 10.1 Å². The molecule has 0 bridgehead atoms. The number of nitrogens with one attached hydrogen (secondary N) is 1. The van der Waals surface area contributed by atoms with E-state index in [-0.39, 0.29) is 0 Å². The highest BCUT2D eigenvalue weighted by Crippen LogP contribution is 2.13. The molecule has 0 saturated carbocycles. The summed E-state index contributed by atoms with van der Waals surface area (Å²) in [6.07, 6.45) is 0.971. The van der Waals surface area contributed by atoms with Crippen LogP contribution in [0.3, 0.4) is 0 Å². The lowest BCUT2D eigenvalue weighted by molar-refractivity contribution is 0.178. The van der Waals surface area contributed by atoms with Crippen LogP contribution in [0.15, 0.2) is 23.6 Å². The molecule has 1 N–H and O–H groups in total. The zero-order chi connectivity index (χ0) is 12.8. The molecular weight excluding hydrogens is 270 g/mol. The van der Waals surface area contributed by atoms with E-state index in [1.54, 1.807) is 24.5 Å². The van der Waals surface area contributed by atoms with Crippen molar-refractivity contribution in [1.82, 2.24) is 9.97 Å². The Morgan fingerprint density at radius 3 is 3.06 bits per heavy atom. The molecule has 0 atom stereocenters. The van der Waals surface area contributed by atoms with Gasteiger partial charge in [0.1, 0.15) is 17.6 Å². The lowest BCUT2D eigenvalue weighted by atomic mass is 10.3. The van der Waals surface area contributed by atoms with Crippen molar-refractivity contribution < 1.29 is 4.74 Å². The largest absolute Gasteiger partial charge is 0.377 e. The van der Waals surface area contributed by atoms with Gasteiger partial charge in [0.25, 0.3) is 0 Å². The van der Waals surface area contributed by atoms with E-state index in [4.69, 9.17) is 16.3 Å². The molecule has 0 amide bonds. The second kappa shape index (κ2) is 6.68. The first-order valence-corrected chi connectivity index (χ1v) is 6.82. The first-order valence-electron chi connectivity index (χ1n) is 5.56. The summed E-state index contributed by atoms with van der Waals surface area (Å²) >= 11 is 7.67. The molecule has 0 aliphatic carbocycles. The van der Waals surface area contributed by atoms with Crippen LogP contribution < -0.4 is 5.32 Å². The second-order valence-electron chi connectivity index (χ2n) is 3.68. The molecule has 0 radical (unpaired) electrons. The summed E-state index contributed by atoms with van der Waals surface area (Å²) in [5.74, 6) is 1.32. The molecule has 0 saturated heterocycles. The summed E-state index contributed by atoms with van der Waals surface area (Å²) in [4.78, 5) is 9.73. The van der Waals surface area contributed by atoms with E-state index >= 15 is 0 Å². The van der Waals surface area contributed by atoms with Gasteiger partial charge in [-0.05, 0) is 17.9 Å². The molecule has 4 nitrogen and oxygen atoms in total. The van der Waals surface area contributed by atoms with Crippen LogP contribution in [-0.2, 0) is 17.8 Å². The average molecular weight is 284 g/mol. The normalized spacial score (nSPS) is 10.6. The molecule has 0 fully saturated rings. The second-order valence-corrected chi connectivity index (χ2v) is 5.10. The molecule has 0 spiro atoms. The Morgan fingerprint density at radius 1 is 1.44 bits per heavy atom. The van der Waals surface area contributed by atoms with E-state index in [0.29, 0.717) is 17.6 Å². The van der Waals surface area contributed by atoms with E-state index in [0.717, 1.165) is 18.8 Å². The molecule has 2 aromatic heterocycles. The number of methoxy groups -OCH3 is 1. The molecule has 0 unspecified atom stereocenters. The monoisotopic (exact) mass is 283 g/mol. The molecule has 2 heterocycles. The summed E-state index contributed by atoms with van der Waals surface area (Å²) in [6.45, 7) is 1.18. The highest BCUT2D eigenvalue weighted by atomic mass is 35.5. The predicted molar refractivity (Wildman–Crippen MR) is 74.3 cm³/mol. The van der Waals surface area contributed by atoms with Crippen LogP contribution in [0.1, 0.15) is 10.7 Å². The predicted octanol–water partition coefficient (Wildman–Crippen LogP) is 2.99. The first-order chi connectivity index (χ1) is 8.78. The zero-order valence-electron chi connectivity index (χ0n) is 10.0. The van der Waals surface area contributed by atoms with E-state index < -0.39 is 0 Å². The molecule has 0 aliphatic rings. The zero-order valence-corrected chi connectivity index (χ0v) is 11.6. The van der Waals surface area contributed by atoms with Crippen LogP contribution >= 0.6 is 22.9 Å². The van der Waals surface area contributed by atoms with Gasteiger partial charge in [0, 0.05) is 24.6 Å². The number of rotatable bonds is 6. The fourth-order valence-corrected chi connectivity index (χ4v) is 2.43. The van der Waals surface area contributed by atoms with Crippen LogP contribution in [0.5, 0.6) is 0 Å². The Balaban J connectivity index is 1.92. The Hall–Kier alpha value is -1.17. The van der Waals surface area contributed by atoms with Gasteiger partial charge in [0.05, 0.1) is 0 Å². The highest BCUT2D eigenvalue weighted by Gasteiger charge is 2.03. The van der Waals surface area contributed by atoms with Gasteiger partial charge in [0.15, 0.2) is 5.82 Å². The van der Waals surface area contributed by atoms with Gasteiger partial charge in [-0.25, -0.2) is 9.97 Å². The molecule has 6 heteroatoms. The van der Waals surface area contributed by atoms with Gasteiger partial charge in [0.2, 0.25) is 0 Å². The van der Waals surface area contributed by atoms with Crippen molar-refractivity contribution in [2.24, 2.45) is 0 Å². The topological polar surface area (TPSA) is 47.0 Å². The Morgan fingerprint density at radius 2 is 2.33 bits per heavy atom. The molecule has 96 valence electrons. The van der Waals surface area contributed by atoms with Crippen molar-refractivity contribution in [1.29, 1.82) is 0 Å². The fraction of sp³-hybridized carbons (Fsp3) is 0.333. The molecule has 0 aromatic carbocycles. The van der Waals surface area contributed by atoms with Crippen molar-refractivity contribution in [3.8, 4) is 0 Å². The number of ether oxygens (including phenoxy) is 1. The van der Waals surface area contributed by atoms with Crippen molar-refractivity contribution in [2.75, 3.05) is 19.0 Å². The van der Waals surface area contributed by atoms with Crippen molar-refractivity contribution in [2.45, 2.75) is 13.0 Å². The Bertz CT molecular complexity index is 490. The standard InChI is InChI=1S/C12H14ClN3OS/c1-17-8-12-15-10(13)7-11(16-12)14-5-4-9-3-2-6-18-9/h2-3,6-7H,4-5,8H2,1H3,(H,14,15,16). The van der Waals surface area contributed by atoms with E-state index in [2.05, 4.69) is 32.8 Å². The van der Waals surface area contributed by atoms with Crippen LogP contribution in [0.25, 0.3) is 0 Å². The molecule has 18 heavy (non-hydrogen) atoms. The minimum Gasteiger partial charge on any atom is -0.377 e. The van der Waals surface area contributed by atoms with Crippen molar-refractivity contribution in [3.05, 3.63) is 39.4 Å². The summed E-state index contributed by atoms with van der Waals surface area (Å²) in [5, 5.41) is 5.74. The van der Waals surface area contributed by atoms with Crippen LogP contribution in [0.2, 0.25) is 5.15 Å². The van der Waals surface area contributed by atoms with Gasteiger partial charge in [-0.3, -0.25) is 0 Å². The Labute approximate surface area is 115 Å². The van der Waals surface area contributed by atoms with Crippen LogP contribution in [-0.4, -0.2) is 23.6 Å². The third-order valence-electron chi connectivity index (χ3n) is 2.27. The molecular formula is C12H14ClN3OS. The summed E-state index contributed by atoms with van der Waals surface area (Å²) in [5.41, 5.74) is 0. The SMILES string of the molecule is COCc1nc(Cl)cc(NCCc2cccs2)n1. The van der Waals surface area contributed by atoms with E-state index in [1.165, 1.54) is 4.88 Å². The van der Waals surface area contributed by atoms with E-state index in [9.17, 15) is 0 Å². The number of halogens is 1. The first kappa shape index (κ1) is 13.3. The highest BCUT2D eigenvalue weighted by molar-refractivity contribution is 7.09. The average Bonchev–Trinajstić information content (AvgIpc) is 2.82. The van der Waals surface area contributed by atoms with E-state index in [1.807, 2.05) is 0 Å². The van der Waals surface area contributed by atoms with Gasteiger partial charge >= 0.3 is 0 Å². The van der Waals surface area contributed by atoms with Gasteiger partial charge in [-0.15, -0.1) is 11.3 Å². The molecule has 2 rings (SSSR count). The third kappa shape index (κ3) is 3.94. The smallest absolute Gasteiger partial charge is 0.158 e. The van der Waals surface area contributed by atoms with Gasteiger partial charge in [-0.1, -0.05) is 17.7 Å². The lowest BCUT2D eigenvalue weighted by Gasteiger charge is -2.07. The maximum Gasteiger partial charge on any atom is 0.158 e. The number of thiophene rings is 1. The quantitative estimate of drug-likeness (QED) is 0.828. The minimum atomic E-state index is 0.361. The summed E-state index contributed by atoms with van der Waals surface area (Å²) in [6, 6.07) is 5.89. The summed E-state index contributed by atoms with van der Waals surface area (Å²) < 4.78 is 4.99. The molecule has 0 aliphatic heterocycles. The molecule has 2 aromatic rings. The number of nitrogens with zero attached hydrogens (tertiary/aromatic N) is 2. The van der Waals surface area contributed by atoms with Crippen molar-refractivity contribution >= 4 is 28.8 Å². The van der Waals surface area contributed by atoms with Crippen molar-refractivity contribution in [3.63, 3.8) is 0 Å². The Kier molecular flexibility index (Phi) is 4.92. The number of hydrogen-bond donors (Lipinski definition) is 1. The fourth-order valence-electron chi connectivity index (χ4n) is 1.52. The number of hydrogen-bond acceptors (Lipinski definition) is 5.